The highest BCUT2D eigenvalue weighted by Gasteiger charge is 2.15. The lowest BCUT2D eigenvalue weighted by atomic mass is 10.3. The van der Waals surface area contributed by atoms with E-state index in [9.17, 15) is 9.59 Å². The lowest BCUT2D eigenvalue weighted by molar-refractivity contribution is -0.119. The van der Waals surface area contributed by atoms with Gasteiger partial charge in [0.2, 0.25) is 5.76 Å². The predicted molar refractivity (Wildman–Crippen MR) is 104 cm³/mol. The van der Waals surface area contributed by atoms with Gasteiger partial charge in [0.1, 0.15) is 17.2 Å². The molecule has 2 aromatic carbocycles. The van der Waals surface area contributed by atoms with Crippen molar-refractivity contribution in [2.45, 2.75) is 13.8 Å². The van der Waals surface area contributed by atoms with Crippen LogP contribution in [0.1, 0.15) is 23.2 Å². The highest BCUT2D eigenvalue weighted by atomic mass is 16.6. The van der Waals surface area contributed by atoms with Gasteiger partial charge in [-0.1, -0.05) is 5.16 Å². The normalized spacial score (nSPS) is 10.3. The quantitative estimate of drug-likeness (QED) is 0.575. The summed E-state index contributed by atoms with van der Waals surface area (Å²) in [7, 11) is 0. The van der Waals surface area contributed by atoms with E-state index in [1.54, 1.807) is 31.2 Å². The maximum Gasteiger partial charge on any atom is 0.377 e. The molecular formula is C21H20N2O6. The molecule has 29 heavy (non-hydrogen) atoms. The van der Waals surface area contributed by atoms with E-state index in [0.717, 1.165) is 5.75 Å². The van der Waals surface area contributed by atoms with E-state index in [1.807, 2.05) is 31.2 Å². The molecule has 150 valence electrons. The summed E-state index contributed by atoms with van der Waals surface area (Å²) < 4.78 is 20.8. The van der Waals surface area contributed by atoms with Gasteiger partial charge in [-0.05, 0) is 62.4 Å². The molecule has 1 N–H and O–H groups in total. The fourth-order valence-corrected chi connectivity index (χ4v) is 2.37. The van der Waals surface area contributed by atoms with Crippen molar-refractivity contribution >= 4 is 17.6 Å². The van der Waals surface area contributed by atoms with Crippen LogP contribution in [-0.2, 0) is 9.53 Å². The molecular weight excluding hydrogens is 376 g/mol. The third-order valence-corrected chi connectivity index (χ3v) is 3.67. The van der Waals surface area contributed by atoms with Gasteiger partial charge in [0, 0.05) is 11.8 Å². The van der Waals surface area contributed by atoms with Gasteiger partial charge in [-0.2, -0.15) is 0 Å². The van der Waals surface area contributed by atoms with Crippen molar-refractivity contribution in [3.05, 3.63) is 66.1 Å². The zero-order valence-electron chi connectivity index (χ0n) is 16.0. The standard InChI is InChI=1S/C21H20N2O6/c1-3-26-16-8-10-18(11-9-16)28-17-6-4-15(5-7-17)22-20(24)13-27-21(25)19-12-14(2)23-29-19/h4-12H,3,13H2,1-2H3,(H,22,24). The fourth-order valence-electron chi connectivity index (χ4n) is 2.37. The minimum atomic E-state index is -0.750. The summed E-state index contributed by atoms with van der Waals surface area (Å²) in [5, 5.41) is 6.22. The van der Waals surface area contributed by atoms with Crippen LogP contribution in [0.2, 0.25) is 0 Å². The van der Waals surface area contributed by atoms with Crippen molar-refractivity contribution in [3.8, 4) is 17.2 Å². The summed E-state index contributed by atoms with van der Waals surface area (Å²) in [5.74, 6) is 0.775. The van der Waals surface area contributed by atoms with Crippen molar-refractivity contribution in [3.63, 3.8) is 0 Å². The van der Waals surface area contributed by atoms with Gasteiger partial charge in [-0.3, -0.25) is 4.79 Å². The summed E-state index contributed by atoms with van der Waals surface area (Å²) in [6.45, 7) is 3.76. The molecule has 8 nitrogen and oxygen atoms in total. The van der Waals surface area contributed by atoms with Gasteiger partial charge in [0.25, 0.3) is 5.91 Å². The minimum absolute atomic E-state index is 0.0499. The van der Waals surface area contributed by atoms with Crippen LogP contribution in [0.3, 0.4) is 0 Å². The van der Waals surface area contributed by atoms with E-state index in [2.05, 4.69) is 10.5 Å². The largest absolute Gasteiger partial charge is 0.494 e. The zero-order valence-corrected chi connectivity index (χ0v) is 16.0. The Kier molecular flexibility index (Phi) is 6.47. The van der Waals surface area contributed by atoms with Crippen molar-refractivity contribution in [2.24, 2.45) is 0 Å². The Bertz CT molecular complexity index is 964. The first-order chi connectivity index (χ1) is 14.0. The number of hydrogen-bond acceptors (Lipinski definition) is 7. The maximum absolute atomic E-state index is 11.9. The topological polar surface area (TPSA) is 99.9 Å². The number of carbonyl (C=O) groups is 2. The van der Waals surface area contributed by atoms with Gasteiger partial charge < -0.3 is 24.1 Å². The Hall–Kier alpha value is -3.81. The number of nitrogens with one attached hydrogen (secondary N) is 1. The first kappa shape index (κ1) is 19.9. The van der Waals surface area contributed by atoms with Crippen LogP contribution in [0.4, 0.5) is 5.69 Å². The van der Waals surface area contributed by atoms with Crippen molar-refractivity contribution in [1.82, 2.24) is 5.16 Å². The highest BCUT2D eigenvalue weighted by molar-refractivity contribution is 5.94. The SMILES string of the molecule is CCOc1ccc(Oc2ccc(NC(=O)COC(=O)c3cc(C)no3)cc2)cc1. The highest BCUT2D eigenvalue weighted by Crippen LogP contribution is 2.25. The molecule has 0 saturated heterocycles. The Labute approximate surface area is 167 Å². The van der Waals surface area contributed by atoms with Crippen LogP contribution in [0.5, 0.6) is 17.2 Å². The third-order valence-electron chi connectivity index (χ3n) is 3.67. The molecule has 0 unspecified atom stereocenters. The molecule has 0 spiro atoms. The van der Waals surface area contributed by atoms with Gasteiger partial charge in [-0.15, -0.1) is 0 Å². The summed E-state index contributed by atoms with van der Waals surface area (Å²) in [6, 6.07) is 15.5. The van der Waals surface area contributed by atoms with Gasteiger partial charge in [-0.25, -0.2) is 4.79 Å². The van der Waals surface area contributed by atoms with E-state index in [0.29, 0.717) is 29.5 Å². The summed E-state index contributed by atoms with van der Waals surface area (Å²) >= 11 is 0. The molecule has 3 rings (SSSR count). The van der Waals surface area contributed by atoms with Crippen LogP contribution in [0.15, 0.2) is 59.1 Å². The average Bonchev–Trinajstić information content (AvgIpc) is 3.16. The van der Waals surface area contributed by atoms with Crippen LogP contribution in [-0.4, -0.2) is 30.2 Å². The van der Waals surface area contributed by atoms with Crippen molar-refractivity contribution in [1.29, 1.82) is 0 Å². The molecule has 0 aliphatic heterocycles. The molecule has 0 bridgehead atoms. The molecule has 0 atom stereocenters. The lowest BCUT2D eigenvalue weighted by Crippen LogP contribution is -2.20. The molecule has 0 fully saturated rings. The Morgan fingerprint density at radius 3 is 2.21 bits per heavy atom. The van der Waals surface area contributed by atoms with Crippen LogP contribution in [0, 0.1) is 6.92 Å². The number of benzene rings is 2. The third kappa shape index (κ3) is 5.83. The number of rotatable bonds is 8. The maximum atomic E-state index is 11.9. The molecule has 0 radical (unpaired) electrons. The van der Waals surface area contributed by atoms with Crippen LogP contribution < -0.4 is 14.8 Å². The molecule has 1 amide bonds. The number of esters is 1. The van der Waals surface area contributed by atoms with E-state index in [-0.39, 0.29) is 5.76 Å². The summed E-state index contributed by atoms with van der Waals surface area (Å²) in [4.78, 5) is 23.7. The Morgan fingerprint density at radius 2 is 1.62 bits per heavy atom. The molecule has 1 aromatic heterocycles. The van der Waals surface area contributed by atoms with Crippen molar-refractivity contribution < 1.29 is 28.3 Å². The van der Waals surface area contributed by atoms with Crippen LogP contribution in [0.25, 0.3) is 0 Å². The predicted octanol–water partition coefficient (Wildman–Crippen LogP) is 3.97. The smallest absolute Gasteiger partial charge is 0.377 e. The minimum Gasteiger partial charge on any atom is -0.494 e. The summed E-state index contributed by atoms with van der Waals surface area (Å²) in [5.41, 5.74) is 1.09. The van der Waals surface area contributed by atoms with E-state index in [4.69, 9.17) is 18.7 Å². The van der Waals surface area contributed by atoms with E-state index < -0.39 is 18.5 Å². The van der Waals surface area contributed by atoms with Crippen molar-refractivity contribution in [2.75, 3.05) is 18.5 Å². The summed E-state index contributed by atoms with van der Waals surface area (Å²) in [6.07, 6.45) is 0. The average molecular weight is 396 g/mol. The van der Waals surface area contributed by atoms with Gasteiger partial charge >= 0.3 is 5.97 Å². The molecule has 0 saturated carbocycles. The molecule has 8 heteroatoms. The van der Waals surface area contributed by atoms with E-state index >= 15 is 0 Å². The lowest BCUT2D eigenvalue weighted by Gasteiger charge is -2.09. The van der Waals surface area contributed by atoms with E-state index in [1.165, 1.54) is 6.07 Å². The number of anilines is 1. The Morgan fingerprint density at radius 1 is 1.00 bits per heavy atom. The number of ether oxygens (including phenoxy) is 3. The second-order valence-electron chi connectivity index (χ2n) is 5.99. The fraction of sp³-hybridized carbons (Fsp3) is 0.190. The number of amides is 1. The number of aryl methyl sites for hydroxylation is 1. The Balaban J connectivity index is 1.48. The second kappa shape index (κ2) is 9.41. The first-order valence-electron chi connectivity index (χ1n) is 8.94. The first-order valence-corrected chi connectivity index (χ1v) is 8.94. The van der Waals surface area contributed by atoms with Gasteiger partial charge in [0.15, 0.2) is 6.61 Å². The molecule has 0 aliphatic carbocycles. The molecule has 0 aliphatic rings. The van der Waals surface area contributed by atoms with Crippen LogP contribution >= 0.6 is 0 Å². The number of carbonyl (C=O) groups excluding carboxylic acids is 2. The number of hydrogen-bond donors (Lipinski definition) is 1. The molecule has 1 heterocycles. The number of aromatic nitrogens is 1. The second-order valence-corrected chi connectivity index (χ2v) is 5.99. The molecule has 3 aromatic rings. The zero-order chi connectivity index (χ0) is 20.6. The monoisotopic (exact) mass is 396 g/mol. The van der Waals surface area contributed by atoms with Gasteiger partial charge in [0.05, 0.1) is 12.3 Å². The number of nitrogens with zero attached hydrogens (tertiary/aromatic N) is 1.